The van der Waals surface area contributed by atoms with Gasteiger partial charge in [-0.3, -0.25) is 19.9 Å². The number of rotatable bonds is 12. The van der Waals surface area contributed by atoms with Crippen LogP contribution in [0.5, 0.6) is 5.75 Å². The molecule has 0 saturated heterocycles. The molecule has 0 bridgehead atoms. The second-order valence-electron chi connectivity index (χ2n) is 7.39. The first-order chi connectivity index (χ1) is 15.8. The maximum absolute atomic E-state index is 12.2. The predicted octanol–water partition coefficient (Wildman–Crippen LogP) is 2.50. The van der Waals surface area contributed by atoms with Crippen molar-refractivity contribution >= 4 is 40.9 Å². The number of amides is 1. The summed E-state index contributed by atoms with van der Waals surface area (Å²) in [5.41, 5.74) is 17.9. The molecule has 1 amide bonds. The van der Waals surface area contributed by atoms with E-state index in [-0.39, 0.29) is 40.8 Å². The third-order valence-electron chi connectivity index (χ3n) is 4.65. The Morgan fingerprint density at radius 2 is 1.82 bits per heavy atom. The molecule has 0 saturated carbocycles. The molecule has 1 aromatic carbocycles. The predicted molar refractivity (Wildman–Crippen MR) is 129 cm³/mol. The minimum absolute atomic E-state index is 0.0517. The number of carbonyl (C=O) groups excluding carboxylic acids is 2. The van der Waals surface area contributed by atoms with E-state index in [1.165, 1.54) is 0 Å². The number of ketones is 1. The molecule has 1 aromatic heterocycles. The van der Waals surface area contributed by atoms with E-state index < -0.39 is 5.91 Å². The van der Waals surface area contributed by atoms with Gasteiger partial charge in [0.1, 0.15) is 12.4 Å². The van der Waals surface area contributed by atoms with Crippen LogP contribution in [0.4, 0.5) is 11.6 Å². The van der Waals surface area contributed by atoms with E-state index in [1.54, 1.807) is 0 Å². The number of nitrogens with one attached hydrogen (secondary N) is 1. The SMILES string of the molecule is CCCCC(=O)COc1ccc(CCCCN=C(N)NC(=O)c2nc(Cl)c(N)nc2N)cc1. The fourth-order valence-electron chi connectivity index (χ4n) is 2.83. The first kappa shape index (κ1) is 25.9. The Kier molecular flexibility index (Phi) is 10.4. The third kappa shape index (κ3) is 8.93. The molecule has 2 aromatic rings. The molecule has 0 unspecified atom stereocenters. The molecule has 7 N–H and O–H groups in total. The zero-order valence-corrected chi connectivity index (χ0v) is 19.4. The molecule has 0 spiro atoms. The summed E-state index contributed by atoms with van der Waals surface area (Å²) in [5.74, 6) is -0.134. The summed E-state index contributed by atoms with van der Waals surface area (Å²) in [6.07, 6.45) is 4.96. The van der Waals surface area contributed by atoms with Crippen LogP contribution in [-0.2, 0) is 11.2 Å². The van der Waals surface area contributed by atoms with Crippen molar-refractivity contribution < 1.29 is 14.3 Å². The van der Waals surface area contributed by atoms with Crippen LogP contribution in [-0.4, -0.2) is 40.8 Å². The van der Waals surface area contributed by atoms with Gasteiger partial charge in [-0.25, -0.2) is 9.97 Å². The molecular formula is C22H30ClN7O3. The van der Waals surface area contributed by atoms with Crippen molar-refractivity contribution in [2.75, 3.05) is 24.6 Å². The number of aliphatic imine (C=N–C) groups is 1. The van der Waals surface area contributed by atoms with Gasteiger partial charge >= 0.3 is 0 Å². The molecule has 0 radical (unpaired) electrons. The van der Waals surface area contributed by atoms with Gasteiger partial charge in [0, 0.05) is 13.0 Å². The fourth-order valence-corrected chi connectivity index (χ4v) is 2.95. The highest BCUT2D eigenvalue weighted by Crippen LogP contribution is 2.17. The quantitative estimate of drug-likeness (QED) is 0.206. The number of nitrogen functional groups attached to an aromatic ring is 2. The van der Waals surface area contributed by atoms with E-state index in [4.69, 9.17) is 33.5 Å². The monoisotopic (exact) mass is 475 g/mol. The highest BCUT2D eigenvalue weighted by molar-refractivity contribution is 6.31. The number of carbonyl (C=O) groups is 2. The van der Waals surface area contributed by atoms with Gasteiger partial charge in [-0.1, -0.05) is 37.1 Å². The Labute approximate surface area is 198 Å². The summed E-state index contributed by atoms with van der Waals surface area (Å²) in [6, 6.07) is 7.69. The van der Waals surface area contributed by atoms with Crippen LogP contribution in [0.15, 0.2) is 29.3 Å². The maximum atomic E-state index is 12.2. The highest BCUT2D eigenvalue weighted by Gasteiger charge is 2.16. The van der Waals surface area contributed by atoms with Gasteiger partial charge in [0.2, 0.25) is 0 Å². The number of hydrogen-bond donors (Lipinski definition) is 4. The Bertz CT molecular complexity index is 981. The number of aromatic nitrogens is 2. The minimum Gasteiger partial charge on any atom is -0.486 e. The van der Waals surface area contributed by atoms with E-state index in [9.17, 15) is 9.59 Å². The van der Waals surface area contributed by atoms with Crippen LogP contribution in [0.2, 0.25) is 5.15 Å². The normalized spacial score (nSPS) is 11.3. The van der Waals surface area contributed by atoms with Crippen LogP contribution in [0.3, 0.4) is 0 Å². The Morgan fingerprint density at radius 3 is 2.52 bits per heavy atom. The summed E-state index contributed by atoms with van der Waals surface area (Å²) in [6.45, 7) is 2.61. The largest absolute Gasteiger partial charge is 0.486 e. The van der Waals surface area contributed by atoms with Gasteiger partial charge in [0.15, 0.2) is 34.2 Å². The van der Waals surface area contributed by atoms with Crippen molar-refractivity contribution in [2.24, 2.45) is 10.7 Å². The molecule has 2 rings (SSSR count). The highest BCUT2D eigenvalue weighted by atomic mass is 35.5. The number of nitrogens with zero attached hydrogens (tertiary/aromatic N) is 3. The van der Waals surface area contributed by atoms with Crippen molar-refractivity contribution in [3.8, 4) is 5.75 Å². The Morgan fingerprint density at radius 1 is 1.09 bits per heavy atom. The number of unbranched alkanes of at least 4 members (excludes halogenated alkanes) is 2. The van der Waals surface area contributed by atoms with Gasteiger partial charge < -0.3 is 21.9 Å². The summed E-state index contributed by atoms with van der Waals surface area (Å²) >= 11 is 5.77. The molecule has 0 aliphatic rings. The number of ether oxygens (including phenoxy) is 1. The molecule has 0 aliphatic heterocycles. The van der Waals surface area contributed by atoms with Gasteiger partial charge in [-0.2, -0.15) is 0 Å². The average Bonchev–Trinajstić information content (AvgIpc) is 2.79. The smallest absolute Gasteiger partial charge is 0.280 e. The number of halogens is 1. The van der Waals surface area contributed by atoms with Crippen LogP contribution in [0, 0.1) is 0 Å². The number of hydrogen-bond acceptors (Lipinski definition) is 8. The third-order valence-corrected chi connectivity index (χ3v) is 4.93. The number of anilines is 2. The van der Waals surface area contributed by atoms with Crippen molar-refractivity contribution in [2.45, 2.75) is 45.4 Å². The maximum Gasteiger partial charge on any atom is 0.280 e. The Hall–Kier alpha value is -3.40. The lowest BCUT2D eigenvalue weighted by Gasteiger charge is -2.08. The molecule has 33 heavy (non-hydrogen) atoms. The van der Waals surface area contributed by atoms with Crippen LogP contribution in [0.1, 0.15) is 55.1 Å². The number of nitrogens with two attached hydrogens (primary N) is 3. The lowest BCUT2D eigenvalue weighted by Crippen LogP contribution is -2.38. The standard InChI is InChI=1S/C22H30ClN7O3/c1-2-3-7-15(31)13-33-16-10-8-14(9-11-16)6-4-5-12-27-22(26)30-21(32)17-19(24)29-20(25)18(23)28-17/h8-11H,2-7,12-13H2,1H3,(H4,24,25,29)(H3,26,27,30,32). The van der Waals surface area contributed by atoms with E-state index in [0.717, 1.165) is 37.7 Å². The summed E-state index contributed by atoms with van der Waals surface area (Å²) in [7, 11) is 0. The second kappa shape index (κ2) is 13.2. The molecule has 0 fully saturated rings. The topological polar surface area (TPSA) is 172 Å². The zero-order chi connectivity index (χ0) is 24.2. The van der Waals surface area contributed by atoms with Crippen molar-refractivity contribution in [1.29, 1.82) is 0 Å². The summed E-state index contributed by atoms with van der Waals surface area (Å²) in [5, 5.41) is 2.28. The molecular weight excluding hydrogens is 446 g/mol. The Balaban J connectivity index is 1.70. The van der Waals surface area contributed by atoms with Crippen LogP contribution < -0.4 is 27.3 Å². The van der Waals surface area contributed by atoms with Crippen molar-refractivity contribution in [1.82, 2.24) is 15.3 Å². The number of Topliss-reactive ketones (excluding diaryl/α,β-unsaturated/α-hetero) is 1. The fraction of sp³-hybridized carbons (Fsp3) is 0.409. The first-order valence-electron chi connectivity index (χ1n) is 10.7. The molecule has 11 heteroatoms. The molecule has 10 nitrogen and oxygen atoms in total. The van der Waals surface area contributed by atoms with Gasteiger partial charge in [-0.15, -0.1) is 0 Å². The van der Waals surface area contributed by atoms with E-state index >= 15 is 0 Å². The van der Waals surface area contributed by atoms with Crippen molar-refractivity contribution in [3.05, 3.63) is 40.7 Å². The molecule has 178 valence electrons. The first-order valence-corrected chi connectivity index (χ1v) is 11.1. The minimum atomic E-state index is -0.669. The summed E-state index contributed by atoms with van der Waals surface area (Å²) in [4.78, 5) is 35.6. The lowest BCUT2D eigenvalue weighted by atomic mass is 10.1. The van der Waals surface area contributed by atoms with Crippen LogP contribution >= 0.6 is 11.6 Å². The lowest BCUT2D eigenvalue weighted by molar-refractivity contribution is -0.121. The molecule has 0 atom stereocenters. The van der Waals surface area contributed by atoms with E-state index in [1.807, 2.05) is 24.3 Å². The molecule has 0 aliphatic carbocycles. The molecule has 1 heterocycles. The number of aryl methyl sites for hydroxylation is 1. The number of guanidine groups is 1. The summed E-state index contributed by atoms with van der Waals surface area (Å²) < 4.78 is 5.53. The second-order valence-corrected chi connectivity index (χ2v) is 7.74. The van der Waals surface area contributed by atoms with Crippen molar-refractivity contribution in [3.63, 3.8) is 0 Å². The average molecular weight is 476 g/mol. The number of benzene rings is 1. The van der Waals surface area contributed by atoms with Gasteiger partial charge in [0.05, 0.1) is 0 Å². The van der Waals surface area contributed by atoms with Crippen LogP contribution in [0.25, 0.3) is 0 Å². The van der Waals surface area contributed by atoms with E-state index in [2.05, 4.69) is 27.2 Å². The zero-order valence-electron chi connectivity index (χ0n) is 18.6. The van der Waals surface area contributed by atoms with Gasteiger partial charge in [0.25, 0.3) is 5.91 Å². The van der Waals surface area contributed by atoms with E-state index in [0.29, 0.717) is 18.7 Å². The van der Waals surface area contributed by atoms with Gasteiger partial charge in [-0.05, 0) is 43.4 Å².